The fraction of sp³-hybridized carbons (Fsp3) is 0.385. The maximum absolute atomic E-state index is 12.1. The molecule has 1 aromatic heterocycles. The average Bonchev–Trinajstić information content (AvgIpc) is 3.39. The quantitative estimate of drug-likeness (QED) is 0.206. The molecule has 4 aromatic carbocycles. The fourth-order valence-corrected chi connectivity index (χ4v) is 8.03. The van der Waals surface area contributed by atoms with Gasteiger partial charge in [-0.3, -0.25) is 4.90 Å². The van der Waals surface area contributed by atoms with E-state index in [9.17, 15) is 5.11 Å². The molecule has 2 aliphatic carbocycles. The number of aliphatic hydroxyl groups is 1. The van der Waals surface area contributed by atoms with Gasteiger partial charge in [-0.2, -0.15) is 0 Å². The van der Waals surface area contributed by atoms with E-state index in [4.69, 9.17) is 0 Å². The number of nitrogens with zero attached hydrogens (tertiary/aromatic N) is 2. The number of benzene rings is 4. The normalized spacial score (nSPS) is 17.8. The monoisotopic (exact) mass is 556 g/mol. The van der Waals surface area contributed by atoms with E-state index in [1.54, 1.807) is 0 Å². The number of hydrogen-bond acceptors (Lipinski definition) is 2. The molecule has 5 aromatic rings. The summed E-state index contributed by atoms with van der Waals surface area (Å²) in [5, 5.41) is 15.8. The second kappa shape index (κ2) is 12.5. The highest BCUT2D eigenvalue weighted by atomic mass is 16.3. The molecule has 2 aliphatic rings. The molecule has 1 N–H and O–H groups in total. The van der Waals surface area contributed by atoms with Crippen molar-refractivity contribution < 1.29 is 5.11 Å². The lowest BCUT2D eigenvalue weighted by atomic mass is 9.88. The number of hydrogen-bond donors (Lipinski definition) is 1. The van der Waals surface area contributed by atoms with Crippen molar-refractivity contribution in [1.82, 2.24) is 9.47 Å². The Morgan fingerprint density at radius 1 is 0.619 bits per heavy atom. The average molecular weight is 557 g/mol. The zero-order chi connectivity index (χ0) is 28.3. The molecule has 0 spiro atoms. The van der Waals surface area contributed by atoms with Crippen molar-refractivity contribution in [3.8, 4) is 22.4 Å². The van der Waals surface area contributed by atoms with Gasteiger partial charge in [0.25, 0.3) is 0 Å². The maximum Gasteiger partial charge on any atom is 0.0846 e. The minimum Gasteiger partial charge on any atom is -0.390 e. The standard InChI is InChI=1S/C39H44N2O/c42-34(27-40(32-20-9-3-10-21-32)33-22-11-4-12-23-33)28-41-38(31-18-7-2-8-19-31)37(30-16-5-1-6-17-30)36-26-25-29-15-13-14-24-35(29)39(36)41/h1-2,5-8,13-19,24-26,32-34,42H,3-4,9-12,20-23,27-28H2. The van der Waals surface area contributed by atoms with Crippen LogP contribution in [-0.2, 0) is 6.54 Å². The summed E-state index contributed by atoms with van der Waals surface area (Å²) in [6, 6.07) is 36.1. The van der Waals surface area contributed by atoms with Gasteiger partial charge < -0.3 is 9.67 Å². The molecule has 3 heteroatoms. The van der Waals surface area contributed by atoms with Crippen LogP contribution in [0, 0.1) is 0 Å². The van der Waals surface area contributed by atoms with Crippen LogP contribution in [0.2, 0.25) is 0 Å². The van der Waals surface area contributed by atoms with E-state index in [0.29, 0.717) is 18.6 Å². The minimum atomic E-state index is -0.450. The Morgan fingerprint density at radius 3 is 1.83 bits per heavy atom. The van der Waals surface area contributed by atoms with E-state index >= 15 is 0 Å². The third kappa shape index (κ3) is 5.41. The minimum absolute atomic E-state index is 0.450. The van der Waals surface area contributed by atoms with Crippen LogP contribution < -0.4 is 0 Å². The zero-order valence-electron chi connectivity index (χ0n) is 24.8. The molecule has 42 heavy (non-hydrogen) atoms. The number of rotatable bonds is 8. The van der Waals surface area contributed by atoms with Crippen molar-refractivity contribution in [3.63, 3.8) is 0 Å². The van der Waals surface area contributed by atoms with Gasteiger partial charge in [0.2, 0.25) is 0 Å². The lowest BCUT2D eigenvalue weighted by molar-refractivity contribution is 0.0240. The van der Waals surface area contributed by atoms with Crippen molar-refractivity contribution in [2.24, 2.45) is 0 Å². The van der Waals surface area contributed by atoms with Crippen LogP contribution in [-0.4, -0.2) is 39.3 Å². The van der Waals surface area contributed by atoms with Crippen molar-refractivity contribution in [2.75, 3.05) is 6.54 Å². The van der Waals surface area contributed by atoms with Gasteiger partial charge in [0, 0.05) is 35.0 Å². The molecule has 0 radical (unpaired) electrons. The molecule has 0 bridgehead atoms. The lowest BCUT2D eigenvalue weighted by Crippen LogP contribution is -2.49. The molecule has 3 nitrogen and oxygen atoms in total. The first-order chi connectivity index (χ1) is 20.8. The highest BCUT2D eigenvalue weighted by Gasteiger charge is 2.31. The summed E-state index contributed by atoms with van der Waals surface area (Å²) in [6.07, 6.45) is 12.7. The first-order valence-corrected chi connectivity index (χ1v) is 16.4. The van der Waals surface area contributed by atoms with Gasteiger partial charge in [-0.25, -0.2) is 0 Å². The van der Waals surface area contributed by atoms with E-state index in [2.05, 4.69) is 107 Å². The Balaban J connectivity index is 1.36. The molecule has 2 fully saturated rings. The summed E-state index contributed by atoms with van der Waals surface area (Å²) in [5.41, 5.74) is 6.10. The molecule has 2 saturated carbocycles. The second-order valence-corrected chi connectivity index (χ2v) is 12.7. The molecular formula is C39H44N2O. The number of aromatic nitrogens is 1. The molecule has 1 unspecified atom stereocenters. The highest BCUT2D eigenvalue weighted by Crippen LogP contribution is 2.43. The molecule has 1 heterocycles. The predicted octanol–water partition coefficient (Wildman–Crippen LogP) is 9.46. The first kappa shape index (κ1) is 27.4. The Bertz CT molecular complexity index is 1590. The van der Waals surface area contributed by atoms with Crippen LogP contribution in [0.1, 0.15) is 64.2 Å². The van der Waals surface area contributed by atoms with Gasteiger partial charge in [-0.1, -0.05) is 136 Å². The molecule has 7 rings (SSSR count). The van der Waals surface area contributed by atoms with E-state index in [-0.39, 0.29) is 0 Å². The summed E-state index contributed by atoms with van der Waals surface area (Å²) < 4.78 is 2.46. The molecular weight excluding hydrogens is 512 g/mol. The van der Waals surface area contributed by atoms with Gasteiger partial charge in [-0.15, -0.1) is 0 Å². The summed E-state index contributed by atoms with van der Waals surface area (Å²) in [7, 11) is 0. The topological polar surface area (TPSA) is 28.4 Å². The molecule has 0 aliphatic heterocycles. The molecule has 0 amide bonds. The van der Waals surface area contributed by atoms with E-state index < -0.39 is 6.10 Å². The first-order valence-electron chi connectivity index (χ1n) is 16.4. The summed E-state index contributed by atoms with van der Waals surface area (Å²) in [6.45, 7) is 1.34. The lowest BCUT2D eigenvalue weighted by Gasteiger charge is -2.42. The highest BCUT2D eigenvalue weighted by molar-refractivity contribution is 6.15. The summed E-state index contributed by atoms with van der Waals surface area (Å²) in [4.78, 5) is 2.76. The van der Waals surface area contributed by atoms with Crippen molar-refractivity contribution in [2.45, 2.75) is 88.9 Å². The van der Waals surface area contributed by atoms with Crippen LogP contribution >= 0.6 is 0 Å². The molecule has 0 saturated heterocycles. The third-order valence-corrected chi connectivity index (χ3v) is 9.96. The van der Waals surface area contributed by atoms with Crippen LogP contribution in [0.15, 0.2) is 97.1 Å². The van der Waals surface area contributed by atoms with E-state index in [1.165, 1.54) is 108 Å². The Kier molecular flexibility index (Phi) is 8.13. The van der Waals surface area contributed by atoms with Crippen LogP contribution in [0.3, 0.4) is 0 Å². The van der Waals surface area contributed by atoms with Gasteiger partial charge in [0.05, 0.1) is 23.9 Å². The third-order valence-electron chi connectivity index (χ3n) is 9.96. The molecule has 216 valence electrons. The van der Waals surface area contributed by atoms with E-state index in [0.717, 1.165) is 6.54 Å². The van der Waals surface area contributed by atoms with Gasteiger partial charge in [0.15, 0.2) is 0 Å². The Labute approximate surface area is 250 Å². The smallest absolute Gasteiger partial charge is 0.0846 e. The maximum atomic E-state index is 12.1. The van der Waals surface area contributed by atoms with Gasteiger partial charge in [0.1, 0.15) is 0 Å². The SMILES string of the molecule is OC(CN(C1CCCCC1)C1CCCCC1)Cn1c(-c2ccccc2)c(-c2ccccc2)c2ccc3ccccc3c21. The van der Waals surface area contributed by atoms with Crippen LogP contribution in [0.5, 0.6) is 0 Å². The second-order valence-electron chi connectivity index (χ2n) is 12.7. The largest absolute Gasteiger partial charge is 0.390 e. The van der Waals surface area contributed by atoms with Gasteiger partial charge >= 0.3 is 0 Å². The number of fused-ring (bicyclic) bond motifs is 3. The van der Waals surface area contributed by atoms with Crippen molar-refractivity contribution in [1.29, 1.82) is 0 Å². The number of aliphatic hydroxyl groups excluding tert-OH is 1. The van der Waals surface area contributed by atoms with Crippen molar-refractivity contribution >= 4 is 21.7 Å². The molecule has 1 atom stereocenters. The van der Waals surface area contributed by atoms with Crippen molar-refractivity contribution in [3.05, 3.63) is 97.1 Å². The van der Waals surface area contributed by atoms with Crippen LogP contribution in [0.4, 0.5) is 0 Å². The summed E-state index contributed by atoms with van der Waals surface area (Å²) in [5.74, 6) is 0. The summed E-state index contributed by atoms with van der Waals surface area (Å²) >= 11 is 0. The Morgan fingerprint density at radius 2 is 1.19 bits per heavy atom. The van der Waals surface area contributed by atoms with E-state index in [1.807, 2.05) is 0 Å². The Hall–Kier alpha value is -3.40. The van der Waals surface area contributed by atoms with Crippen LogP contribution in [0.25, 0.3) is 44.1 Å². The predicted molar refractivity (Wildman–Crippen MR) is 177 cm³/mol. The van der Waals surface area contributed by atoms with Gasteiger partial charge in [-0.05, 0) is 42.2 Å². The fourth-order valence-electron chi connectivity index (χ4n) is 8.03. The zero-order valence-corrected chi connectivity index (χ0v) is 24.8.